The number of hydrogen-bond donors (Lipinski definition) is 0. The molecule has 4 heteroatoms. The van der Waals surface area contributed by atoms with Crippen molar-refractivity contribution in [2.24, 2.45) is 5.11 Å². The van der Waals surface area contributed by atoms with Crippen molar-refractivity contribution in [1.29, 1.82) is 0 Å². The van der Waals surface area contributed by atoms with E-state index in [-0.39, 0.29) is 5.82 Å². The summed E-state index contributed by atoms with van der Waals surface area (Å²) < 4.78 is 12.7. The fraction of sp³-hybridized carbons (Fsp3) is 0.143. The molecule has 1 aromatic rings. The zero-order valence-electron chi connectivity index (χ0n) is 5.95. The van der Waals surface area contributed by atoms with Gasteiger partial charge in [-0.05, 0) is 24.1 Å². The van der Waals surface area contributed by atoms with Gasteiger partial charge in [0.1, 0.15) is 5.82 Å². The molecule has 0 aromatic heterocycles. The topological polar surface area (TPSA) is 48.8 Å². The predicted octanol–water partition coefficient (Wildman–Crippen LogP) is 3.08. The third-order valence-corrected chi connectivity index (χ3v) is 1.32. The highest BCUT2D eigenvalue weighted by Gasteiger charge is 1.95. The Morgan fingerprint density at radius 3 is 2.82 bits per heavy atom. The molecule has 0 saturated heterocycles. The number of azide groups is 1. The average molecular weight is 151 g/mol. The Balaban J connectivity index is 3.14. The maximum Gasteiger partial charge on any atom is 0.126 e. The number of nitrogens with zero attached hydrogens (tertiary/aromatic N) is 3. The van der Waals surface area contributed by atoms with Gasteiger partial charge in [-0.2, -0.15) is 0 Å². The first kappa shape index (κ1) is 7.57. The van der Waals surface area contributed by atoms with Crippen molar-refractivity contribution in [2.75, 3.05) is 0 Å². The number of rotatable bonds is 1. The minimum Gasteiger partial charge on any atom is -0.207 e. The second-order valence-corrected chi connectivity index (χ2v) is 2.12. The van der Waals surface area contributed by atoms with E-state index in [9.17, 15) is 4.39 Å². The molecule has 0 heterocycles. The summed E-state index contributed by atoms with van der Waals surface area (Å²) in [5.74, 6) is -0.352. The first-order valence-electron chi connectivity index (χ1n) is 3.05. The Kier molecular flexibility index (Phi) is 2.09. The van der Waals surface area contributed by atoms with E-state index in [0.29, 0.717) is 11.3 Å². The van der Waals surface area contributed by atoms with Gasteiger partial charge in [0.2, 0.25) is 0 Å². The van der Waals surface area contributed by atoms with Gasteiger partial charge in [0.15, 0.2) is 0 Å². The zero-order valence-corrected chi connectivity index (χ0v) is 5.95. The summed E-state index contributed by atoms with van der Waals surface area (Å²) in [6.07, 6.45) is 0. The van der Waals surface area contributed by atoms with E-state index in [2.05, 4.69) is 10.0 Å². The molecule has 0 bridgehead atoms. The summed E-state index contributed by atoms with van der Waals surface area (Å²) in [6, 6.07) is 4.34. The van der Waals surface area contributed by atoms with Crippen LogP contribution in [0.4, 0.5) is 10.1 Å². The Morgan fingerprint density at radius 2 is 2.27 bits per heavy atom. The molecule has 1 rings (SSSR count). The van der Waals surface area contributed by atoms with Crippen molar-refractivity contribution in [1.82, 2.24) is 0 Å². The van der Waals surface area contributed by atoms with Gasteiger partial charge in [-0.3, -0.25) is 0 Å². The van der Waals surface area contributed by atoms with Crippen LogP contribution in [0.1, 0.15) is 5.56 Å². The number of aryl methyl sites for hydroxylation is 1. The van der Waals surface area contributed by atoms with E-state index in [0.717, 1.165) is 0 Å². The smallest absolute Gasteiger partial charge is 0.126 e. The summed E-state index contributed by atoms with van der Waals surface area (Å²) >= 11 is 0. The molecule has 11 heavy (non-hydrogen) atoms. The van der Waals surface area contributed by atoms with Crippen molar-refractivity contribution in [2.45, 2.75) is 6.92 Å². The van der Waals surface area contributed by atoms with E-state index in [4.69, 9.17) is 5.53 Å². The maximum absolute atomic E-state index is 12.7. The van der Waals surface area contributed by atoms with Gasteiger partial charge in [0, 0.05) is 10.6 Å². The van der Waals surface area contributed by atoms with Crippen LogP contribution in [0.2, 0.25) is 0 Å². The Bertz CT molecular complexity index is 315. The molecule has 0 unspecified atom stereocenters. The highest BCUT2D eigenvalue weighted by atomic mass is 19.1. The largest absolute Gasteiger partial charge is 0.207 e. The molecular weight excluding hydrogens is 145 g/mol. The van der Waals surface area contributed by atoms with Crippen molar-refractivity contribution in [3.05, 3.63) is 40.0 Å². The Morgan fingerprint density at radius 1 is 1.55 bits per heavy atom. The molecule has 3 nitrogen and oxygen atoms in total. The fourth-order valence-corrected chi connectivity index (χ4v) is 0.696. The summed E-state index contributed by atoms with van der Waals surface area (Å²) in [5, 5.41) is 3.25. The first-order valence-corrected chi connectivity index (χ1v) is 3.05. The van der Waals surface area contributed by atoms with Crippen LogP contribution in [0.5, 0.6) is 0 Å². The quantitative estimate of drug-likeness (QED) is 0.336. The van der Waals surface area contributed by atoms with Crippen LogP contribution in [-0.4, -0.2) is 0 Å². The maximum atomic E-state index is 12.7. The summed E-state index contributed by atoms with van der Waals surface area (Å²) in [7, 11) is 0. The lowest BCUT2D eigenvalue weighted by Crippen LogP contribution is -1.78. The van der Waals surface area contributed by atoms with Crippen molar-refractivity contribution >= 4 is 5.69 Å². The average Bonchev–Trinajstić information content (AvgIpc) is 1.98. The standard InChI is InChI=1S/C7H6FN3/c1-5-2-3-6(10-11-9)4-7(5)8/h2-4H,1H3. The van der Waals surface area contributed by atoms with Gasteiger partial charge < -0.3 is 0 Å². The molecule has 0 amide bonds. The number of hydrogen-bond acceptors (Lipinski definition) is 1. The van der Waals surface area contributed by atoms with Crippen molar-refractivity contribution in [3.63, 3.8) is 0 Å². The van der Waals surface area contributed by atoms with Crippen LogP contribution < -0.4 is 0 Å². The molecule has 0 aliphatic heterocycles. The summed E-state index contributed by atoms with van der Waals surface area (Å²) in [4.78, 5) is 2.54. The molecule has 0 spiro atoms. The van der Waals surface area contributed by atoms with Gasteiger partial charge in [-0.1, -0.05) is 17.2 Å². The van der Waals surface area contributed by atoms with Crippen LogP contribution in [0.25, 0.3) is 10.4 Å². The minimum atomic E-state index is -0.352. The van der Waals surface area contributed by atoms with Gasteiger partial charge in [0.25, 0.3) is 0 Å². The third-order valence-electron chi connectivity index (χ3n) is 1.32. The molecule has 1 aromatic carbocycles. The van der Waals surface area contributed by atoms with E-state index in [1.54, 1.807) is 19.1 Å². The third kappa shape index (κ3) is 1.69. The molecule has 56 valence electrons. The molecule has 0 atom stereocenters. The lowest BCUT2D eigenvalue weighted by molar-refractivity contribution is 0.619. The van der Waals surface area contributed by atoms with Crippen molar-refractivity contribution < 1.29 is 4.39 Å². The lowest BCUT2D eigenvalue weighted by Gasteiger charge is -1.94. The van der Waals surface area contributed by atoms with E-state index in [1.807, 2.05) is 0 Å². The molecule has 0 N–H and O–H groups in total. The molecule has 0 radical (unpaired) electrons. The number of halogens is 1. The van der Waals surface area contributed by atoms with Crippen LogP contribution in [-0.2, 0) is 0 Å². The van der Waals surface area contributed by atoms with Gasteiger partial charge >= 0.3 is 0 Å². The van der Waals surface area contributed by atoms with E-state index in [1.165, 1.54) is 6.07 Å². The summed E-state index contributed by atoms with van der Waals surface area (Å²) in [6.45, 7) is 1.65. The highest BCUT2D eigenvalue weighted by Crippen LogP contribution is 2.16. The molecule has 0 aliphatic rings. The minimum absolute atomic E-state index is 0.301. The van der Waals surface area contributed by atoms with Gasteiger partial charge in [0.05, 0.1) is 0 Å². The highest BCUT2D eigenvalue weighted by molar-refractivity contribution is 5.39. The lowest BCUT2D eigenvalue weighted by atomic mass is 10.2. The molecule has 0 aliphatic carbocycles. The normalized spacial score (nSPS) is 8.91. The van der Waals surface area contributed by atoms with E-state index >= 15 is 0 Å². The Labute approximate surface area is 63.1 Å². The fourth-order valence-electron chi connectivity index (χ4n) is 0.696. The van der Waals surface area contributed by atoms with Gasteiger partial charge in [-0.15, -0.1) is 0 Å². The molecule has 0 saturated carbocycles. The Hall–Kier alpha value is -1.54. The molecular formula is C7H6FN3. The van der Waals surface area contributed by atoms with Crippen molar-refractivity contribution in [3.8, 4) is 0 Å². The monoisotopic (exact) mass is 151 g/mol. The molecule has 0 fully saturated rings. The second-order valence-electron chi connectivity index (χ2n) is 2.12. The summed E-state index contributed by atoms with van der Waals surface area (Å²) in [5.41, 5.74) is 8.86. The first-order chi connectivity index (χ1) is 5.24. The van der Waals surface area contributed by atoms with Crippen LogP contribution in [0, 0.1) is 12.7 Å². The van der Waals surface area contributed by atoms with E-state index < -0.39 is 0 Å². The van der Waals surface area contributed by atoms with Gasteiger partial charge in [-0.25, -0.2) is 4.39 Å². The van der Waals surface area contributed by atoms with Crippen LogP contribution >= 0.6 is 0 Å². The van der Waals surface area contributed by atoms with Crippen LogP contribution in [0.3, 0.4) is 0 Å². The number of benzene rings is 1. The second kappa shape index (κ2) is 3.03. The SMILES string of the molecule is Cc1ccc(N=[N+]=[N-])cc1F. The van der Waals surface area contributed by atoms with Crippen LogP contribution in [0.15, 0.2) is 23.3 Å². The predicted molar refractivity (Wildman–Crippen MR) is 39.9 cm³/mol. The zero-order chi connectivity index (χ0) is 8.27.